The SMILES string of the molecule is CC(C)(C)OC(=O)N(Cc1cccc(CCO)c1)C1C[C@@H]1c1ccccc1. The minimum atomic E-state index is -0.523. The molecular weight excluding hydrogens is 338 g/mol. The molecule has 1 aliphatic carbocycles. The highest BCUT2D eigenvalue weighted by atomic mass is 16.6. The fraction of sp³-hybridized carbons (Fsp3) is 0.435. The smallest absolute Gasteiger partial charge is 0.410 e. The van der Waals surface area contributed by atoms with Gasteiger partial charge in [-0.2, -0.15) is 0 Å². The van der Waals surface area contributed by atoms with Crippen LogP contribution in [0.4, 0.5) is 4.79 Å². The lowest BCUT2D eigenvalue weighted by Crippen LogP contribution is -2.38. The quantitative estimate of drug-likeness (QED) is 0.817. The molecule has 0 aliphatic heterocycles. The number of nitrogens with zero attached hydrogens (tertiary/aromatic N) is 1. The first-order valence-electron chi connectivity index (χ1n) is 9.60. The number of hydrogen-bond acceptors (Lipinski definition) is 3. The first-order valence-corrected chi connectivity index (χ1v) is 9.60. The molecule has 4 heteroatoms. The monoisotopic (exact) mass is 367 g/mol. The van der Waals surface area contributed by atoms with Crippen molar-refractivity contribution in [2.75, 3.05) is 6.61 Å². The van der Waals surface area contributed by atoms with E-state index < -0.39 is 5.60 Å². The summed E-state index contributed by atoms with van der Waals surface area (Å²) >= 11 is 0. The van der Waals surface area contributed by atoms with E-state index in [9.17, 15) is 9.90 Å². The first kappa shape index (κ1) is 19.4. The molecule has 0 spiro atoms. The maximum Gasteiger partial charge on any atom is 0.410 e. The number of amides is 1. The number of benzene rings is 2. The minimum absolute atomic E-state index is 0.123. The molecule has 27 heavy (non-hydrogen) atoms. The summed E-state index contributed by atoms with van der Waals surface area (Å²) in [5, 5.41) is 9.18. The van der Waals surface area contributed by atoms with E-state index in [2.05, 4.69) is 18.2 Å². The largest absolute Gasteiger partial charge is 0.444 e. The van der Waals surface area contributed by atoms with E-state index in [0.717, 1.165) is 17.5 Å². The first-order chi connectivity index (χ1) is 12.9. The van der Waals surface area contributed by atoms with E-state index in [-0.39, 0.29) is 18.7 Å². The summed E-state index contributed by atoms with van der Waals surface area (Å²) in [7, 11) is 0. The summed E-state index contributed by atoms with van der Waals surface area (Å²) in [6.45, 7) is 6.33. The summed E-state index contributed by atoms with van der Waals surface area (Å²) in [6.07, 6.45) is 1.31. The van der Waals surface area contributed by atoms with E-state index in [1.165, 1.54) is 5.56 Å². The van der Waals surface area contributed by atoms with Gasteiger partial charge in [-0.1, -0.05) is 54.6 Å². The van der Waals surface area contributed by atoms with Crippen molar-refractivity contribution in [2.45, 2.75) is 57.7 Å². The Kier molecular flexibility index (Phi) is 5.85. The van der Waals surface area contributed by atoms with Gasteiger partial charge < -0.3 is 14.7 Å². The summed E-state index contributed by atoms with van der Waals surface area (Å²) in [5.41, 5.74) is 2.88. The lowest BCUT2D eigenvalue weighted by Gasteiger charge is -2.28. The van der Waals surface area contributed by atoms with Gasteiger partial charge in [0.1, 0.15) is 5.60 Å². The average molecular weight is 367 g/mol. The summed E-state index contributed by atoms with van der Waals surface area (Å²) < 4.78 is 5.68. The van der Waals surface area contributed by atoms with Crippen LogP contribution in [0.5, 0.6) is 0 Å². The van der Waals surface area contributed by atoms with E-state index >= 15 is 0 Å². The molecule has 1 unspecified atom stereocenters. The van der Waals surface area contributed by atoms with E-state index in [1.807, 2.05) is 62.1 Å². The van der Waals surface area contributed by atoms with Crippen molar-refractivity contribution < 1.29 is 14.6 Å². The predicted octanol–water partition coefficient (Wildman–Crippen LogP) is 4.51. The number of aliphatic hydroxyl groups excluding tert-OH is 1. The average Bonchev–Trinajstić information content (AvgIpc) is 3.40. The molecule has 1 saturated carbocycles. The van der Waals surface area contributed by atoms with Crippen LogP contribution in [0.1, 0.15) is 49.8 Å². The Morgan fingerprint density at radius 3 is 2.48 bits per heavy atom. The Hall–Kier alpha value is -2.33. The van der Waals surface area contributed by atoms with E-state index in [4.69, 9.17) is 4.74 Å². The molecule has 2 atom stereocenters. The van der Waals surface area contributed by atoms with Gasteiger partial charge in [-0.05, 0) is 50.3 Å². The maximum absolute atomic E-state index is 12.9. The van der Waals surface area contributed by atoms with Gasteiger partial charge >= 0.3 is 6.09 Å². The third-order valence-corrected chi connectivity index (χ3v) is 4.76. The fourth-order valence-corrected chi connectivity index (χ4v) is 3.43. The number of ether oxygens (including phenoxy) is 1. The number of carbonyl (C=O) groups is 1. The van der Waals surface area contributed by atoms with Crippen molar-refractivity contribution in [3.63, 3.8) is 0 Å². The van der Waals surface area contributed by atoms with Crippen LogP contribution in [0.3, 0.4) is 0 Å². The van der Waals surface area contributed by atoms with Gasteiger partial charge in [-0.25, -0.2) is 4.79 Å². The Bertz CT molecular complexity index is 767. The third kappa shape index (κ3) is 5.33. The molecule has 4 nitrogen and oxygen atoms in total. The second kappa shape index (κ2) is 8.13. The van der Waals surface area contributed by atoms with Crippen LogP contribution in [-0.2, 0) is 17.7 Å². The predicted molar refractivity (Wildman–Crippen MR) is 107 cm³/mol. The lowest BCUT2D eigenvalue weighted by molar-refractivity contribution is 0.0212. The van der Waals surface area contributed by atoms with Gasteiger partial charge in [0.25, 0.3) is 0 Å². The Balaban J connectivity index is 1.78. The molecule has 2 aromatic rings. The molecule has 0 heterocycles. The van der Waals surface area contributed by atoms with E-state index in [1.54, 1.807) is 0 Å². The summed E-state index contributed by atoms with van der Waals surface area (Å²) in [4.78, 5) is 14.8. The van der Waals surface area contributed by atoms with Crippen molar-refractivity contribution in [2.24, 2.45) is 0 Å². The Morgan fingerprint density at radius 1 is 1.11 bits per heavy atom. The zero-order chi connectivity index (χ0) is 19.4. The van der Waals surface area contributed by atoms with Gasteiger partial charge in [-0.15, -0.1) is 0 Å². The molecule has 1 fully saturated rings. The molecule has 0 aromatic heterocycles. The van der Waals surface area contributed by atoms with E-state index in [0.29, 0.717) is 18.9 Å². The van der Waals surface area contributed by atoms with Gasteiger partial charge in [0, 0.05) is 25.1 Å². The topological polar surface area (TPSA) is 49.8 Å². The molecule has 144 valence electrons. The molecule has 1 N–H and O–H groups in total. The molecule has 1 aliphatic rings. The molecule has 3 rings (SSSR count). The standard InChI is InChI=1S/C23H29NO3/c1-23(2,3)27-22(26)24(16-18-9-7-8-17(14-18)12-13-25)21-15-20(21)19-10-5-4-6-11-19/h4-11,14,20-21,25H,12-13,15-16H2,1-3H3/t20-,21?/m1/s1. The molecule has 2 aromatic carbocycles. The molecular formula is C23H29NO3. The van der Waals surface area contributed by atoms with Crippen molar-refractivity contribution in [1.82, 2.24) is 4.90 Å². The zero-order valence-electron chi connectivity index (χ0n) is 16.4. The third-order valence-electron chi connectivity index (χ3n) is 4.76. The lowest BCUT2D eigenvalue weighted by atomic mass is 10.1. The molecule has 1 amide bonds. The Labute approximate surface area is 161 Å². The maximum atomic E-state index is 12.9. The van der Waals surface area contributed by atoms with Crippen LogP contribution >= 0.6 is 0 Å². The van der Waals surface area contributed by atoms with Crippen LogP contribution in [0.25, 0.3) is 0 Å². The summed E-state index contributed by atoms with van der Waals surface area (Å²) in [6, 6.07) is 18.6. The van der Waals surface area contributed by atoms with Crippen molar-refractivity contribution in [3.05, 3.63) is 71.3 Å². The van der Waals surface area contributed by atoms with Crippen LogP contribution in [0, 0.1) is 0 Å². The molecule has 0 saturated heterocycles. The zero-order valence-corrected chi connectivity index (χ0v) is 16.4. The van der Waals surface area contributed by atoms with Crippen molar-refractivity contribution in [3.8, 4) is 0 Å². The molecule has 0 radical (unpaired) electrons. The number of hydrogen-bond donors (Lipinski definition) is 1. The van der Waals surface area contributed by atoms with Gasteiger partial charge in [0.05, 0.1) is 0 Å². The normalized spacial score (nSPS) is 18.8. The van der Waals surface area contributed by atoms with Crippen molar-refractivity contribution >= 4 is 6.09 Å². The number of rotatable bonds is 6. The van der Waals surface area contributed by atoms with Gasteiger partial charge in [0.15, 0.2) is 0 Å². The van der Waals surface area contributed by atoms with Crippen molar-refractivity contribution in [1.29, 1.82) is 0 Å². The molecule has 0 bridgehead atoms. The second-order valence-electron chi connectivity index (χ2n) is 8.22. The van der Waals surface area contributed by atoms with Crippen LogP contribution < -0.4 is 0 Å². The highest BCUT2D eigenvalue weighted by Gasteiger charge is 2.45. The van der Waals surface area contributed by atoms with Crippen LogP contribution in [-0.4, -0.2) is 34.3 Å². The Morgan fingerprint density at radius 2 is 1.81 bits per heavy atom. The van der Waals surface area contributed by atoms with Gasteiger partial charge in [0.2, 0.25) is 0 Å². The fourth-order valence-electron chi connectivity index (χ4n) is 3.43. The van der Waals surface area contributed by atoms with Crippen LogP contribution in [0.2, 0.25) is 0 Å². The number of aliphatic hydroxyl groups is 1. The van der Waals surface area contributed by atoms with Gasteiger partial charge in [-0.3, -0.25) is 0 Å². The summed E-state index contributed by atoms with van der Waals surface area (Å²) in [5.74, 6) is 0.361. The minimum Gasteiger partial charge on any atom is -0.444 e. The highest BCUT2D eigenvalue weighted by molar-refractivity contribution is 5.69. The highest BCUT2D eigenvalue weighted by Crippen LogP contribution is 2.45. The van der Waals surface area contributed by atoms with Crippen LogP contribution in [0.15, 0.2) is 54.6 Å². The number of carbonyl (C=O) groups excluding carboxylic acids is 1. The second-order valence-corrected chi connectivity index (χ2v) is 8.22.